The minimum absolute atomic E-state index is 0.111. The standard InChI is InChI=1S/C27H26FN3O2S/c1-17-14-19(18(2)31(17)21-11-9-20(28)10-12-21)15-30-27-25(23-7-3-4-8-24(23)34-27)26(32)29-16-22-6-5-13-33-22/h5-6,9-15H,3-4,7-8,16H2,1-2H3,(H,29,32). The minimum Gasteiger partial charge on any atom is -0.467 e. The molecule has 34 heavy (non-hydrogen) atoms. The molecule has 0 saturated heterocycles. The van der Waals surface area contributed by atoms with E-state index < -0.39 is 0 Å². The monoisotopic (exact) mass is 475 g/mol. The van der Waals surface area contributed by atoms with Crippen LogP contribution in [0.25, 0.3) is 5.69 Å². The number of halogens is 1. The summed E-state index contributed by atoms with van der Waals surface area (Å²) in [5.74, 6) is 0.350. The Morgan fingerprint density at radius 2 is 2.00 bits per heavy atom. The van der Waals surface area contributed by atoms with Crippen LogP contribution in [0.1, 0.15) is 56.4 Å². The lowest BCUT2D eigenvalue weighted by molar-refractivity contribution is 0.0948. The average molecular weight is 476 g/mol. The molecule has 4 aromatic rings. The number of amides is 1. The lowest BCUT2D eigenvalue weighted by atomic mass is 9.95. The van der Waals surface area contributed by atoms with Gasteiger partial charge in [0, 0.05) is 33.7 Å². The third-order valence-corrected chi connectivity index (χ3v) is 7.46. The van der Waals surface area contributed by atoms with E-state index in [1.807, 2.05) is 32.2 Å². The van der Waals surface area contributed by atoms with Crippen molar-refractivity contribution in [3.05, 3.63) is 93.3 Å². The molecule has 7 heteroatoms. The predicted octanol–water partition coefficient (Wildman–Crippen LogP) is 6.45. The van der Waals surface area contributed by atoms with Gasteiger partial charge in [-0.2, -0.15) is 0 Å². The maximum absolute atomic E-state index is 13.4. The van der Waals surface area contributed by atoms with E-state index in [1.54, 1.807) is 29.7 Å². The Labute approximate surface area is 202 Å². The molecule has 0 aliphatic heterocycles. The molecule has 3 aromatic heterocycles. The predicted molar refractivity (Wildman–Crippen MR) is 133 cm³/mol. The van der Waals surface area contributed by atoms with Gasteiger partial charge >= 0.3 is 0 Å². The van der Waals surface area contributed by atoms with Crippen LogP contribution in [0, 0.1) is 19.7 Å². The first-order valence-corrected chi connectivity index (χ1v) is 12.3. The summed E-state index contributed by atoms with van der Waals surface area (Å²) in [6.45, 7) is 4.39. The van der Waals surface area contributed by atoms with Crippen molar-refractivity contribution in [1.82, 2.24) is 9.88 Å². The minimum atomic E-state index is -0.257. The molecule has 0 fully saturated rings. The van der Waals surface area contributed by atoms with E-state index in [-0.39, 0.29) is 11.7 Å². The second-order valence-corrected chi connectivity index (χ2v) is 9.63. The number of thiophene rings is 1. The molecule has 1 N–H and O–H groups in total. The normalized spacial score (nSPS) is 13.4. The van der Waals surface area contributed by atoms with Crippen LogP contribution < -0.4 is 5.32 Å². The second-order valence-electron chi connectivity index (χ2n) is 8.55. The van der Waals surface area contributed by atoms with Crippen molar-refractivity contribution in [2.45, 2.75) is 46.1 Å². The van der Waals surface area contributed by atoms with Gasteiger partial charge in [0.05, 0.1) is 18.4 Å². The molecule has 0 unspecified atom stereocenters. The van der Waals surface area contributed by atoms with Crippen LogP contribution in [0.2, 0.25) is 0 Å². The third kappa shape index (κ3) is 4.35. The molecule has 3 heterocycles. The Morgan fingerprint density at radius 1 is 1.21 bits per heavy atom. The third-order valence-electron chi connectivity index (χ3n) is 6.26. The zero-order valence-electron chi connectivity index (χ0n) is 19.2. The SMILES string of the molecule is Cc1cc(C=Nc2sc3c(c2C(=O)NCc2ccco2)CCCC3)c(C)n1-c1ccc(F)cc1. The van der Waals surface area contributed by atoms with E-state index in [4.69, 9.17) is 9.41 Å². The molecule has 0 bridgehead atoms. The molecule has 1 aromatic carbocycles. The zero-order valence-corrected chi connectivity index (χ0v) is 20.0. The topological polar surface area (TPSA) is 59.5 Å². The molecule has 5 nitrogen and oxygen atoms in total. The molecule has 174 valence electrons. The van der Waals surface area contributed by atoms with Crippen molar-refractivity contribution >= 4 is 28.5 Å². The quantitative estimate of drug-likeness (QED) is 0.326. The number of carbonyl (C=O) groups excluding carboxylic acids is 1. The largest absolute Gasteiger partial charge is 0.467 e. The first-order chi connectivity index (χ1) is 16.5. The summed E-state index contributed by atoms with van der Waals surface area (Å²) in [6.07, 6.45) is 7.57. The fourth-order valence-electron chi connectivity index (χ4n) is 4.58. The number of nitrogens with one attached hydrogen (secondary N) is 1. The van der Waals surface area contributed by atoms with Crippen LogP contribution in [-0.2, 0) is 19.4 Å². The highest BCUT2D eigenvalue weighted by atomic mass is 32.1. The first-order valence-electron chi connectivity index (χ1n) is 11.5. The van der Waals surface area contributed by atoms with Gasteiger partial charge in [0.1, 0.15) is 16.6 Å². The highest BCUT2D eigenvalue weighted by molar-refractivity contribution is 7.16. The summed E-state index contributed by atoms with van der Waals surface area (Å²) in [7, 11) is 0. The maximum atomic E-state index is 13.4. The van der Waals surface area contributed by atoms with E-state index in [2.05, 4.69) is 16.0 Å². The number of furan rings is 1. The van der Waals surface area contributed by atoms with Crippen molar-refractivity contribution in [2.75, 3.05) is 0 Å². The molecule has 1 aliphatic carbocycles. The van der Waals surface area contributed by atoms with Gasteiger partial charge in [0.25, 0.3) is 5.91 Å². The summed E-state index contributed by atoms with van der Waals surface area (Å²) in [5, 5.41) is 3.74. The Bertz CT molecular complexity index is 1350. The average Bonchev–Trinajstić information content (AvgIpc) is 3.55. The molecule has 0 spiro atoms. The maximum Gasteiger partial charge on any atom is 0.255 e. The van der Waals surface area contributed by atoms with Crippen molar-refractivity contribution < 1.29 is 13.6 Å². The van der Waals surface area contributed by atoms with Gasteiger partial charge in [-0.1, -0.05) is 0 Å². The number of hydrogen-bond donors (Lipinski definition) is 1. The molecular weight excluding hydrogens is 449 g/mol. The Kier molecular flexibility index (Phi) is 6.20. The van der Waals surface area contributed by atoms with Gasteiger partial charge in [0.15, 0.2) is 0 Å². The smallest absolute Gasteiger partial charge is 0.255 e. The number of hydrogen-bond acceptors (Lipinski definition) is 4. The number of fused-ring (bicyclic) bond motifs is 1. The Balaban J connectivity index is 1.46. The van der Waals surface area contributed by atoms with Crippen molar-refractivity contribution in [1.29, 1.82) is 0 Å². The van der Waals surface area contributed by atoms with Gasteiger partial charge in [-0.3, -0.25) is 4.79 Å². The first kappa shape index (κ1) is 22.3. The van der Waals surface area contributed by atoms with Crippen molar-refractivity contribution in [3.8, 4) is 5.69 Å². The summed E-state index contributed by atoms with van der Waals surface area (Å²) < 4.78 is 20.8. The summed E-state index contributed by atoms with van der Waals surface area (Å²) in [4.78, 5) is 19.3. The second kappa shape index (κ2) is 9.43. The molecule has 5 rings (SSSR count). The van der Waals surface area contributed by atoms with E-state index in [0.29, 0.717) is 12.1 Å². The van der Waals surface area contributed by atoms with E-state index in [1.165, 1.54) is 17.0 Å². The van der Waals surface area contributed by atoms with Crippen molar-refractivity contribution in [3.63, 3.8) is 0 Å². The van der Waals surface area contributed by atoms with E-state index in [0.717, 1.165) is 64.6 Å². The van der Waals surface area contributed by atoms with Crippen LogP contribution in [0.15, 0.2) is 58.1 Å². The van der Waals surface area contributed by atoms with Gasteiger partial charge in [-0.15, -0.1) is 11.3 Å². The molecule has 1 aliphatic rings. The summed E-state index contributed by atoms with van der Waals surface area (Å²) >= 11 is 1.62. The van der Waals surface area contributed by atoms with Gasteiger partial charge in [-0.05, 0) is 87.6 Å². The molecule has 0 saturated carbocycles. The zero-order chi connectivity index (χ0) is 23.7. The number of carbonyl (C=O) groups is 1. The highest BCUT2D eigenvalue weighted by Gasteiger charge is 2.25. The molecule has 0 atom stereocenters. The molecule has 0 radical (unpaired) electrons. The summed E-state index contributed by atoms with van der Waals surface area (Å²) in [5.41, 5.74) is 5.74. The Morgan fingerprint density at radius 3 is 2.76 bits per heavy atom. The van der Waals surface area contributed by atoms with Crippen LogP contribution in [0.5, 0.6) is 0 Å². The Hall–Kier alpha value is -3.45. The van der Waals surface area contributed by atoms with Crippen LogP contribution in [-0.4, -0.2) is 16.7 Å². The van der Waals surface area contributed by atoms with E-state index >= 15 is 0 Å². The number of benzene rings is 1. The molecule has 1 amide bonds. The number of aryl methyl sites for hydroxylation is 2. The fraction of sp³-hybridized carbons (Fsp3) is 0.259. The van der Waals surface area contributed by atoms with Gasteiger partial charge in [-0.25, -0.2) is 9.38 Å². The molecular formula is C27H26FN3O2S. The number of aliphatic imine (C=N–C) groups is 1. The summed E-state index contributed by atoms with van der Waals surface area (Å²) in [6, 6.07) is 12.2. The van der Waals surface area contributed by atoms with Crippen LogP contribution in [0.4, 0.5) is 9.39 Å². The van der Waals surface area contributed by atoms with Gasteiger partial charge < -0.3 is 14.3 Å². The fourth-order valence-corrected chi connectivity index (χ4v) is 5.81. The lowest BCUT2D eigenvalue weighted by Gasteiger charge is -2.12. The van der Waals surface area contributed by atoms with Crippen molar-refractivity contribution in [2.24, 2.45) is 4.99 Å². The number of nitrogens with zero attached hydrogens (tertiary/aromatic N) is 2. The number of rotatable bonds is 6. The highest BCUT2D eigenvalue weighted by Crippen LogP contribution is 2.40. The van der Waals surface area contributed by atoms with Gasteiger partial charge in [0.2, 0.25) is 0 Å². The van der Waals surface area contributed by atoms with Crippen LogP contribution >= 0.6 is 11.3 Å². The van der Waals surface area contributed by atoms with Crippen LogP contribution in [0.3, 0.4) is 0 Å². The lowest BCUT2D eigenvalue weighted by Crippen LogP contribution is -2.23. The number of aromatic nitrogens is 1. The van der Waals surface area contributed by atoms with E-state index in [9.17, 15) is 9.18 Å².